The second-order valence-corrected chi connectivity index (χ2v) is 4.37. The van der Waals surface area contributed by atoms with Crippen LogP contribution < -0.4 is 0 Å². The van der Waals surface area contributed by atoms with Crippen LogP contribution in [0.5, 0.6) is 0 Å². The number of hydrogen-bond donors (Lipinski definition) is 0. The molecule has 0 bridgehead atoms. The quantitative estimate of drug-likeness (QED) is 0.626. The molecule has 0 amide bonds. The monoisotopic (exact) mass is 190 g/mol. The smallest absolute Gasteiger partial charge is 0.170 e. The van der Waals surface area contributed by atoms with Gasteiger partial charge in [-0.3, -0.25) is 0 Å². The molecule has 0 aromatic rings. The van der Waals surface area contributed by atoms with Crippen LogP contribution in [0.2, 0.25) is 0 Å². The standard InChI is InChI=1S/C5H9F3S2/c1-3-4(10-9-2)5(6,7)8/h4H,3H2,1-2H3/t4-/m1/s1. The summed E-state index contributed by atoms with van der Waals surface area (Å²) in [5.74, 6) is 0. The van der Waals surface area contributed by atoms with Gasteiger partial charge in [0.2, 0.25) is 0 Å². The van der Waals surface area contributed by atoms with Crippen LogP contribution >= 0.6 is 21.6 Å². The second-order valence-electron chi connectivity index (χ2n) is 1.70. The summed E-state index contributed by atoms with van der Waals surface area (Å²) in [4.78, 5) is 0. The Kier molecular flexibility index (Phi) is 4.60. The summed E-state index contributed by atoms with van der Waals surface area (Å²) in [6.45, 7) is 1.54. The summed E-state index contributed by atoms with van der Waals surface area (Å²) < 4.78 is 35.6. The summed E-state index contributed by atoms with van der Waals surface area (Å²) >= 11 is 0. The molecular formula is C5H9F3S2. The van der Waals surface area contributed by atoms with Gasteiger partial charge in [0.1, 0.15) is 5.25 Å². The molecule has 0 rings (SSSR count). The molecule has 5 heteroatoms. The average molecular weight is 190 g/mol. The van der Waals surface area contributed by atoms with Crippen molar-refractivity contribution in [1.82, 2.24) is 0 Å². The first-order chi connectivity index (χ1) is 4.52. The van der Waals surface area contributed by atoms with Crippen LogP contribution in [0.3, 0.4) is 0 Å². The van der Waals surface area contributed by atoms with Gasteiger partial charge in [-0.15, -0.1) is 0 Å². The lowest BCUT2D eigenvalue weighted by Crippen LogP contribution is -2.23. The predicted molar refractivity (Wildman–Crippen MR) is 41.2 cm³/mol. The molecule has 62 valence electrons. The first kappa shape index (κ1) is 10.5. The van der Waals surface area contributed by atoms with Crippen LogP contribution in [0.4, 0.5) is 13.2 Å². The Morgan fingerprint density at radius 3 is 2.00 bits per heavy atom. The molecule has 0 heterocycles. The van der Waals surface area contributed by atoms with Crippen molar-refractivity contribution >= 4 is 21.6 Å². The highest BCUT2D eigenvalue weighted by atomic mass is 33.1. The van der Waals surface area contributed by atoms with Gasteiger partial charge < -0.3 is 0 Å². The highest BCUT2D eigenvalue weighted by Crippen LogP contribution is 2.37. The first-order valence-electron chi connectivity index (χ1n) is 2.78. The van der Waals surface area contributed by atoms with Gasteiger partial charge in [0.05, 0.1) is 0 Å². The highest BCUT2D eigenvalue weighted by Gasteiger charge is 2.38. The van der Waals surface area contributed by atoms with E-state index in [1.54, 1.807) is 13.2 Å². The van der Waals surface area contributed by atoms with Gasteiger partial charge in [-0.25, -0.2) is 0 Å². The molecule has 0 radical (unpaired) electrons. The summed E-state index contributed by atoms with van der Waals surface area (Å²) in [6.07, 6.45) is -2.24. The molecule has 0 unspecified atom stereocenters. The van der Waals surface area contributed by atoms with Crippen LogP contribution in [-0.2, 0) is 0 Å². The third-order valence-electron chi connectivity index (χ3n) is 0.948. The van der Waals surface area contributed by atoms with Crippen molar-refractivity contribution in [2.75, 3.05) is 6.26 Å². The van der Waals surface area contributed by atoms with Crippen LogP contribution in [0.1, 0.15) is 13.3 Å². The molecule has 0 aromatic heterocycles. The van der Waals surface area contributed by atoms with Crippen molar-refractivity contribution < 1.29 is 13.2 Å². The fourth-order valence-corrected chi connectivity index (χ4v) is 2.38. The Labute approximate surface area is 66.3 Å². The van der Waals surface area contributed by atoms with Crippen molar-refractivity contribution in [2.45, 2.75) is 24.8 Å². The Balaban J connectivity index is 3.81. The third kappa shape index (κ3) is 3.61. The zero-order chi connectivity index (χ0) is 8.20. The van der Waals surface area contributed by atoms with E-state index < -0.39 is 11.4 Å². The maximum atomic E-state index is 11.9. The van der Waals surface area contributed by atoms with Crippen molar-refractivity contribution in [1.29, 1.82) is 0 Å². The van der Waals surface area contributed by atoms with Gasteiger partial charge in [0.15, 0.2) is 0 Å². The fraction of sp³-hybridized carbons (Fsp3) is 1.00. The van der Waals surface area contributed by atoms with Gasteiger partial charge in [-0.05, 0) is 12.7 Å². The van der Waals surface area contributed by atoms with E-state index in [1.807, 2.05) is 0 Å². The number of halogens is 3. The number of hydrogen-bond acceptors (Lipinski definition) is 2. The lowest BCUT2D eigenvalue weighted by Gasteiger charge is -2.15. The maximum Gasteiger partial charge on any atom is 0.401 e. The van der Waals surface area contributed by atoms with Crippen molar-refractivity contribution in [2.24, 2.45) is 0 Å². The molecule has 0 fully saturated rings. The van der Waals surface area contributed by atoms with Crippen LogP contribution in [0.25, 0.3) is 0 Å². The minimum Gasteiger partial charge on any atom is -0.170 e. The molecule has 0 N–H and O–H groups in total. The molecule has 0 spiro atoms. The molecule has 0 saturated carbocycles. The van der Waals surface area contributed by atoms with E-state index in [2.05, 4.69) is 0 Å². The molecule has 0 aliphatic heterocycles. The van der Waals surface area contributed by atoms with Gasteiger partial charge in [-0.2, -0.15) is 13.2 Å². The van der Waals surface area contributed by atoms with Gasteiger partial charge in [-0.1, -0.05) is 28.5 Å². The van der Waals surface area contributed by atoms with E-state index in [9.17, 15) is 13.2 Å². The fourth-order valence-electron chi connectivity index (χ4n) is 0.470. The van der Waals surface area contributed by atoms with E-state index >= 15 is 0 Å². The number of rotatable bonds is 3. The largest absolute Gasteiger partial charge is 0.401 e. The van der Waals surface area contributed by atoms with Crippen LogP contribution in [0.15, 0.2) is 0 Å². The molecule has 10 heavy (non-hydrogen) atoms. The molecule has 0 aromatic carbocycles. The van der Waals surface area contributed by atoms with Crippen molar-refractivity contribution in [3.8, 4) is 0 Å². The number of alkyl halides is 3. The molecule has 1 atom stereocenters. The third-order valence-corrected chi connectivity index (χ3v) is 3.25. The average Bonchev–Trinajstić information content (AvgIpc) is 1.80. The lowest BCUT2D eigenvalue weighted by atomic mass is 10.3. The SMILES string of the molecule is CC[C@@H](SSC)C(F)(F)F. The topological polar surface area (TPSA) is 0 Å². The Bertz CT molecular complexity index is 91.4. The Morgan fingerprint density at radius 2 is 1.90 bits per heavy atom. The molecule has 0 nitrogen and oxygen atoms in total. The zero-order valence-corrected chi connectivity index (χ0v) is 7.37. The minimum atomic E-state index is -4.04. The van der Waals surface area contributed by atoms with E-state index in [1.165, 1.54) is 0 Å². The van der Waals surface area contributed by atoms with E-state index in [0.29, 0.717) is 0 Å². The molecule has 0 aliphatic carbocycles. The minimum absolute atomic E-state index is 0.148. The summed E-state index contributed by atoms with van der Waals surface area (Å²) in [6, 6.07) is 0. The van der Waals surface area contributed by atoms with Crippen LogP contribution in [0, 0.1) is 0 Å². The predicted octanol–water partition coefficient (Wildman–Crippen LogP) is 3.34. The highest BCUT2D eigenvalue weighted by molar-refractivity contribution is 8.76. The zero-order valence-electron chi connectivity index (χ0n) is 5.73. The Morgan fingerprint density at radius 1 is 1.40 bits per heavy atom. The Hall–Kier alpha value is 0.490. The van der Waals surface area contributed by atoms with E-state index in [0.717, 1.165) is 21.6 Å². The van der Waals surface area contributed by atoms with Gasteiger partial charge in [0, 0.05) is 0 Å². The first-order valence-corrected chi connectivity index (χ1v) is 5.40. The van der Waals surface area contributed by atoms with Crippen LogP contribution in [-0.4, -0.2) is 17.7 Å². The molecule has 0 aliphatic rings. The second kappa shape index (κ2) is 4.38. The lowest BCUT2D eigenvalue weighted by molar-refractivity contribution is -0.128. The molecule has 0 saturated heterocycles. The normalized spacial score (nSPS) is 15.3. The summed E-state index contributed by atoms with van der Waals surface area (Å²) in [5, 5.41) is -1.21. The van der Waals surface area contributed by atoms with Gasteiger partial charge >= 0.3 is 6.18 Å². The summed E-state index contributed by atoms with van der Waals surface area (Å²) in [5.41, 5.74) is 0. The molecular weight excluding hydrogens is 181 g/mol. The van der Waals surface area contributed by atoms with E-state index in [4.69, 9.17) is 0 Å². The van der Waals surface area contributed by atoms with Crippen molar-refractivity contribution in [3.63, 3.8) is 0 Å². The summed E-state index contributed by atoms with van der Waals surface area (Å²) in [7, 11) is 2.03. The van der Waals surface area contributed by atoms with Crippen molar-refractivity contribution in [3.05, 3.63) is 0 Å². The van der Waals surface area contributed by atoms with Gasteiger partial charge in [0.25, 0.3) is 0 Å². The maximum absolute atomic E-state index is 11.9. The van der Waals surface area contributed by atoms with E-state index in [-0.39, 0.29) is 6.42 Å².